The molecule has 3 nitrogen and oxygen atoms in total. The fourth-order valence-corrected chi connectivity index (χ4v) is 1.84. The van der Waals surface area contributed by atoms with Crippen molar-refractivity contribution < 1.29 is 9.47 Å². The van der Waals surface area contributed by atoms with Crippen LogP contribution in [0.25, 0.3) is 0 Å². The van der Waals surface area contributed by atoms with Crippen LogP contribution in [0.3, 0.4) is 0 Å². The molecule has 0 aliphatic carbocycles. The van der Waals surface area contributed by atoms with E-state index < -0.39 is 0 Å². The highest BCUT2D eigenvalue weighted by molar-refractivity contribution is 6.32. The normalized spacial score (nSPS) is 10.1. The molecule has 0 spiro atoms. The molecule has 0 saturated heterocycles. The van der Waals surface area contributed by atoms with Crippen molar-refractivity contribution >= 4 is 11.6 Å². The Bertz CT molecular complexity index is 339. The third-order valence-corrected chi connectivity index (χ3v) is 2.40. The average Bonchev–Trinajstić information content (AvgIpc) is 2.17. The Hall–Kier alpha value is -0.930. The van der Waals surface area contributed by atoms with Gasteiger partial charge >= 0.3 is 0 Å². The summed E-state index contributed by atoms with van der Waals surface area (Å²) in [6.45, 7) is 2.29. The highest BCUT2D eigenvalue weighted by atomic mass is 35.5. The smallest absolute Gasteiger partial charge is 0.144 e. The highest BCUT2D eigenvalue weighted by Gasteiger charge is 2.14. The summed E-state index contributed by atoms with van der Waals surface area (Å²) in [5.74, 6) is 1.38. The second-order valence-corrected chi connectivity index (χ2v) is 3.32. The molecular weight excluding hydrogens is 202 g/mol. The maximum absolute atomic E-state index is 6.01. The lowest BCUT2D eigenvalue weighted by Gasteiger charge is -2.14. The first kappa shape index (κ1) is 11.1. The van der Waals surface area contributed by atoms with Crippen LogP contribution in [-0.2, 0) is 6.54 Å². The van der Waals surface area contributed by atoms with Gasteiger partial charge < -0.3 is 15.2 Å². The Morgan fingerprint density at radius 2 is 1.86 bits per heavy atom. The summed E-state index contributed by atoms with van der Waals surface area (Å²) < 4.78 is 10.4. The summed E-state index contributed by atoms with van der Waals surface area (Å²) >= 11 is 6.01. The minimum Gasteiger partial charge on any atom is -0.496 e. The topological polar surface area (TPSA) is 44.5 Å². The monoisotopic (exact) mass is 215 g/mol. The number of rotatable bonds is 3. The van der Waals surface area contributed by atoms with Crippen molar-refractivity contribution in [3.63, 3.8) is 0 Å². The summed E-state index contributed by atoms with van der Waals surface area (Å²) in [6.07, 6.45) is 0. The maximum atomic E-state index is 6.01. The van der Waals surface area contributed by atoms with E-state index in [2.05, 4.69) is 0 Å². The van der Waals surface area contributed by atoms with E-state index in [1.54, 1.807) is 20.3 Å². The van der Waals surface area contributed by atoms with Crippen LogP contribution < -0.4 is 15.2 Å². The molecule has 0 fully saturated rings. The van der Waals surface area contributed by atoms with Crippen molar-refractivity contribution in [2.75, 3.05) is 14.2 Å². The maximum Gasteiger partial charge on any atom is 0.144 e. The molecular formula is C10H14ClNO2. The SMILES string of the molecule is COc1c(Cl)cc(CN)c(OC)c1C. The highest BCUT2D eigenvalue weighted by Crippen LogP contribution is 2.37. The van der Waals surface area contributed by atoms with Crippen molar-refractivity contribution in [1.29, 1.82) is 0 Å². The fraction of sp³-hybridized carbons (Fsp3) is 0.400. The zero-order valence-corrected chi connectivity index (χ0v) is 9.31. The predicted octanol–water partition coefficient (Wildman–Crippen LogP) is 2.12. The standard InChI is InChI=1S/C10H14ClNO2/c1-6-9(13-2)7(5-12)4-8(11)10(6)14-3/h4H,5,12H2,1-3H3. The summed E-state index contributed by atoms with van der Waals surface area (Å²) in [5, 5.41) is 0.561. The van der Waals surface area contributed by atoms with Crippen LogP contribution in [-0.4, -0.2) is 14.2 Å². The van der Waals surface area contributed by atoms with Crippen LogP contribution in [0.15, 0.2) is 6.07 Å². The minimum absolute atomic E-state index is 0.397. The molecule has 1 aromatic rings. The number of halogens is 1. The van der Waals surface area contributed by atoms with Gasteiger partial charge in [-0.05, 0) is 13.0 Å². The van der Waals surface area contributed by atoms with Gasteiger partial charge in [-0.2, -0.15) is 0 Å². The minimum atomic E-state index is 0.397. The number of hydrogen-bond donors (Lipinski definition) is 1. The van der Waals surface area contributed by atoms with Crippen LogP contribution in [0.4, 0.5) is 0 Å². The van der Waals surface area contributed by atoms with E-state index in [4.69, 9.17) is 26.8 Å². The fourth-order valence-electron chi connectivity index (χ4n) is 1.49. The van der Waals surface area contributed by atoms with Gasteiger partial charge in [0.15, 0.2) is 0 Å². The van der Waals surface area contributed by atoms with Gasteiger partial charge in [0, 0.05) is 17.7 Å². The molecule has 0 saturated carbocycles. The summed E-state index contributed by atoms with van der Waals surface area (Å²) in [4.78, 5) is 0. The third kappa shape index (κ3) is 1.79. The van der Waals surface area contributed by atoms with E-state index in [9.17, 15) is 0 Å². The third-order valence-electron chi connectivity index (χ3n) is 2.12. The number of ether oxygens (including phenoxy) is 2. The molecule has 78 valence electrons. The Balaban J connectivity index is 3.39. The van der Waals surface area contributed by atoms with Gasteiger partial charge in [0.05, 0.1) is 19.2 Å². The molecule has 0 heterocycles. The second kappa shape index (κ2) is 4.53. The Morgan fingerprint density at radius 3 is 2.29 bits per heavy atom. The number of hydrogen-bond acceptors (Lipinski definition) is 3. The van der Waals surface area contributed by atoms with E-state index in [1.165, 1.54) is 0 Å². The predicted molar refractivity (Wildman–Crippen MR) is 57.2 cm³/mol. The quantitative estimate of drug-likeness (QED) is 0.840. The zero-order chi connectivity index (χ0) is 10.7. The van der Waals surface area contributed by atoms with Crippen molar-refractivity contribution in [3.05, 3.63) is 22.2 Å². The van der Waals surface area contributed by atoms with E-state index >= 15 is 0 Å². The summed E-state index contributed by atoms with van der Waals surface area (Å²) in [7, 11) is 3.19. The van der Waals surface area contributed by atoms with Crippen LogP contribution >= 0.6 is 11.6 Å². The van der Waals surface area contributed by atoms with Gasteiger partial charge in [-0.25, -0.2) is 0 Å². The van der Waals surface area contributed by atoms with Crippen LogP contribution in [0, 0.1) is 6.92 Å². The molecule has 0 bridgehead atoms. The van der Waals surface area contributed by atoms with Crippen molar-refractivity contribution in [1.82, 2.24) is 0 Å². The Kier molecular flexibility index (Phi) is 3.61. The first-order valence-electron chi connectivity index (χ1n) is 4.25. The van der Waals surface area contributed by atoms with Gasteiger partial charge in [-0.15, -0.1) is 0 Å². The van der Waals surface area contributed by atoms with Crippen LogP contribution in [0.5, 0.6) is 11.5 Å². The zero-order valence-electron chi connectivity index (χ0n) is 8.56. The number of nitrogens with two attached hydrogens (primary N) is 1. The summed E-state index contributed by atoms with van der Waals surface area (Å²) in [5.41, 5.74) is 7.34. The van der Waals surface area contributed by atoms with Gasteiger partial charge in [0.2, 0.25) is 0 Å². The van der Waals surface area contributed by atoms with Gasteiger partial charge in [0.1, 0.15) is 11.5 Å². The van der Waals surface area contributed by atoms with Gasteiger partial charge in [-0.1, -0.05) is 11.6 Å². The van der Waals surface area contributed by atoms with Gasteiger partial charge in [-0.3, -0.25) is 0 Å². The van der Waals surface area contributed by atoms with Crippen molar-refractivity contribution in [2.45, 2.75) is 13.5 Å². The van der Waals surface area contributed by atoms with Crippen molar-refractivity contribution in [3.8, 4) is 11.5 Å². The molecule has 0 unspecified atom stereocenters. The number of benzene rings is 1. The molecule has 0 aliphatic rings. The second-order valence-electron chi connectivity index (χ2n) is 2.91. The van der Waals surface area contributed by atoms with E-state index in [1.807, 2.05) is 6.92 Å². The Morgan fingerprint density at radius 1 is 1.29 bits per heavy atom. The van der Waals surface area contributed by atoms with Gasteiger partial charge in [0.25, 0.3) is 0 Å². The molecule has 14 heavy (non-hydrogen) atoms. The molecule has 0 radical (unpaired) electrons. The number of methoxy groups -OCH3 is 2. The van der Waals surface area contributed by atoms with Crippen LogP contribution in [0.1, 0.15) is 11.1 Å². The average molecular weight is 216 g/mol. The molecule has 0 aliphatic heterocycles. The molecule has 4 heteroatoms. The van der Waals surface area contributed by atoms with E-state index in [0.29, 0.717) is 17.3 Å². The molecule has 1 aromatic carbocycles. The van der Waals surface area contributed by atoms with E-state index in [-0.39, 0.29) is 0 Å². The van der Waals surface area contributed by atoms with Crippen molar-refractivity contribution in [2.24, 2.45) is 5.73 Å². The molecule has 1 rings (SSSR count). The molecule has 0 aromatic heterocycles. The lowest BCUT2D eigenvalue weighted by Crippen LogP contribution is -2.03. The first-order chi connectivity index (χ1) is 6.65. The lowest BCUT2D eigenvalue weighted by molar-refractivity contribution is 0.386. The Labute approximate surface area is 88.8 Å². The molecule has 0 atom stereocenters. The largest absolute Gasteiger partial charge is 0.496 e. The summed E-state index contributed by atoms with van der Waals surface area (Å²) in [6, 6.07) is 1.77. The molecule has 2 N–H and O–H groups in total. The van der Waals surface area contributed by atoms with Crippen LogP contribution in [0.2, 0.25) is 5.02 Å². The van der Waals surface area contributed by atoms with E-state index in [0.717, 1.165) is 16.9 Å². The first-order valence-corrected chi connectivity index (χ1v) is 4.63. The lowest BCUT2D eigenvalue weighted by atomic mass is 10.1. The molecule has 0 amide bonds.